The maximum atomic E-state index is 13.1. The standard InChI is InChI=1S/C23H27NO4S/c1-26-16-12-19(27-2)22(20(13-16)28-3)15-8-10-24(11-9-15)23(25)18-14-29-21-7-5-4-6-17(18)21/h8,12-14H,4-7,9-11H2,1-3H3. The van der Waals surface area contributed by atoms with E-state index in [0.717, 1.165) is 47.5 Å². The molecule has 0 spiro atoms. The lowest BCUT2D eigenvalue weighted by atomic mass is 9.94. The first-order valence-electron chi connectivity index (χ1n) is 10.0. The first kappa shape index (κ1) is 19.8. The van der Waals surface area contributed by atoms with Crippen LogP contribution in [-0.2, 0) is 12.8 Å². The molecule has 0 saturated heterocycles. The summed E-state index contributed by atoms with van der Waals surface area (Å²) in [5.74, 6) is 2.30. The Morgan fingerprint density at radius 1 is 1.00 bits per heavy atom. The van der Waals surface area contributed by atoms with Crippen LogP contribution in [0.2, 0.25) is 0 Å². The number of carbonyl (C=O) groups is 1. The summed E-state index contributed by atoms with van der Waals surface area (Å²) in [6.45, 7) is 1.28. The molecule has 0 saturated carbocycles. The van der Waals surface area contributed by atoms with Gasteiger partial charge in [0.1, 0.15) is 17.2 Å². The van der Waals surface area contributed by atoms with Crippen molar-refractivity contribution >= 4 is 22.8 Å². The van der Waals surface area contributed by atoms with Crippen molar-refractivity contribution in [2.45, 2.75) is 32.1 Å². The highest BCUT2D eigenvalue weighted by Gasteiger charge is 2.27. The number of rotatable bonds is 5. The summed E-state index contributed by atoms with van der Waals surface area (Å²) in [5.41, 5.74) is 4.29. The predicted octanol–water partition coefficient (Wildman–Crippen LogP) is 4.58. The van der Waals surface area contributed by atoms with Crippen LogP contribution in [0.15, 0.2) is 23.6 Å². The summed E-state index contributed by atoms with van der Waals surface area (Å²) < 4.78 is 16.5. The lowest BCUT2D eigenvalue weighted by molar-refractivity contribution is 0.0772. The number of methoxy groups -OCH3 is 3. The molecule has 0 bridgehead atoms. The molecule has 2 aromatic rings. The maximum absolute atomic E-state index is 13.1. The Morgan fingerprint density at radius 3 is 2.34 bits per heavy atom. The van der Waals surface area contributed by atoms with E-state index in [4.69, 9.17) is 14.2 Å². The predicted molar refractivity (Wildman–Crippen MR) is 116 cm³/mol. The van der Waals surface area contributed by atoms with Crippen LogP contribution >= 0.6 is 11.3 Å². The highest BCUT2D eigenvalue weighted by atomic mass is 32.1. The molecule has 4 rings (SSSR count). The minimum Gasteiger partial charge on any atom is -0.496 e. The smallest absolute Gasteiger partial charge is 0.255 e. The Kier molecular flexibility index (Phi) is 5.81. The number of amides is 1. The Morgan fingerprint density at radius 2 is 1.72 bits per heavy atom. The van der Waals surface area contributed by atoms with Crippen LogP contribution in [0.5, 0.6) is 17.2 Å². The number of benzene rings is 1. The third-order valence-electron chi connectivity index (χ3n) is 5.82. The molecule has 6 heteroatoms. The van der Waals surface area contributed by atoms with Crippen molar-refractivity contribution in [3.8, 4) is 17.2 Å². The van der Waals surface area contributed by atoms with E-state index >= 15 is 0 Å². The van der Waals surface area contributed by atoms with Gasteiger partial charge < -0.3 is 19.1 Å². The molecule has 1 aliphatic carbocycles. The van der Waals surface area contributed by atoms with Crippen LogP contribution in [0.4, 0.5) is 0 Å². The molecule has 2 aliphatic rings. The van der Waals surface area contributed by atoms with E-state index in [0.29, 0.717) is 18.8 Å². The Bertz CT molecular complexity index is 921. The zero-order valence-electron chi connectivity index (χ0n) is 17.2. The van der Waals surface area contributed by atoms with Crippen molar-refractivity contribution in [3.63, 3.8) is 0 Å². The molecule has 1 aromatic heterocycles. The third-order valence-corrected chi connectivity index (χ3v) is 6.91. The second-order valence-electron chi connectivity index (χ2n) is 7.40. The third kappa shape index (κ3) is 3.73. The average Bonchev–Trinajstić information content (AvgIpc) is 3.22. The number of carbonyl (C=O) groups excluding carboxylic acids is 1. The fraction of sp³-hybridized carbons (Fsp3) is 0.435. The lowest BCUT2D eigenvalue weighted by Crippen LogP contribution is -2.35. The molecule has 0 N–H and O–H groups in total. The van der Waals surface area contributed by atoms with Crippen LogP contribution in [0.3, 0.4) is 0 Å². The monoisotopic (exact) mass is 413 g/mol. The highest BCUT2D eigenvalue weighted by molar-refractivity contribution is 7.10. The average molecular weight is 414 g/mol. The molecule has 0 unspecified atom stereocenters. The van der Waals surface area contributed by atoms with Gasteiger partial charge >= 0.3 is 0 Å². The quantitative estimate of drug-likeness (QED) is 0.720. The summed E-state index contributed by atoms with van der Waals surface area (Å²) in [4.78, 5) is 16.5. The van der Waals surface area contributed by atoms with Gasteiger partial charge in [0.15, 0.2) is 0 Å². The normalized spacial score (nSPS) is 16.1. The van der Waals surface area contributed by atoms with Crippen LogP contribution in [0.25, 0.3) is 5.57 Å². The van der Waals surface area contributed by atoms with Gasteiger partial charge in [-0.15, -0.1) is 11.3 Å². The van der Waals surface area contributed by atoms with Gasteiger partial charge in [0.05, 0.1) is 32.5 Å². The van der Waals surface area contributed by atoms with Crippen molar-refractivity contribution in [1.82, 2.24) is 4.90 Å². The summed E-state index contributed by atoms with van der Waals surface area (Å²) >= 11 is 1.75. The fourth-order valence-electron chi connectivity index (χ4n) is 4.25. The molecule has 0 atom stereocenters. The Balaban J connectivity index is 1.57. The van der Waals surface area contributed by atoms with E-state index in [-0.39, 0.29) is 5.91 Å². The Hall–Kier alpha value is -2.47. The van der Waals surface area contributed by atoms with Crippen molar-refractivity contribution < 1.29 is 19.0 Å². The molecule has 1 amide bonds. The minimum atomic E-state index is 0.161. The number of thiophene rings is 1. The fourth-order valence-corrected chi connectivity index (χ4v) is 5.37. The molecule has 154 valence electrons. The van der Waals surface area contributed by atoms with Crippen molar-refractivity contribution in [1.29, 1.82) is 0 Å². The van der Waals surface area contributed by atoms with E-state index in [1.165, 1.54) is 23.3 Å². The summed E-state index contributed by atoms with van der Waals surface area (Å²) in [5, 5.41) is 2.06. The van der Waals surface area contributed by atoms with Crippen LogP contribution in [0.1, 0.15) is 45.6 Å². The number of hydrogen-bond donors (Lipinski definition) is 0. The number of aryl methyl sites for hydroxylation is 1. The van der Waals surface area contributed by atoms with Gasteiger partial charge in [-0.05, 0) is 43.2 Å². The van der Waals surface area contributed by atoms with Gasteiger partial charge in [0.25, 0.3) is 5.91 Å². The molecule has 0 radical (unpaired) electrons. The molecule has 2 heterocycles. The summed E-state index contributed by atoms with van der Waals surface area (Å²) in [6.07, 6.45) is 7.46. The van der Waals surface area contributed by atoms with E-state index in [2.05, 4.69) is 11.5 Å². The molecule has 1 aliphatic heterocycles. The van der Waals surface area contributed by atoms with Crippen LogP contribution in [-0.4, -0.2) is 45.2 Å². The van der Waals surface area contributed by atoms with Gasteiger partial charge in [0.2, 0.25) is 0 Å². The number of fused-ring (bicyclic) bond motifs is 1. The minimum absolute atomic E-state index is 0.161. The Labute approximate surface area is 175 Å². The molecule has 1 aromatic carbocycles. The second-order valence-corrected chi connectivity index (χ2v) is 8.36. The van der Waals surface area contributed by atoms with Gasteiger partial charge in [-0.2, -0.15) is 0 Å². The summed E-state index contributed by atoms with van der Waals surface area (Å²) in [6, 6.07) is 3.74. The zero-order chi connectivity index (χ0) is 20.4. The molecular weight excluding hydrogens is 386 g/mol. The first-order chi connectivity index (χ1) is 14.2. The maximum Gasteiger partial charge on any atom is 0.255 e. The van der Waals surface area contributed by atoms with E-state index in [1.54, 1.807) is 32.7 Å². The SMILES string of the molecule is COc1cc(OC)c(C2=CCN(C(=O)c3csc4c3CCCC4)CC2)c(OC)c1. The van der Waals surface area contributed by atoms with Gasteiger partial charge in [-0.1, -0.05) is 6.08 Å². The number of nitrogens with zero attached hydrogens (tertiary/aromatic N) is 1. The van der Waals surface area contributed by atoms with E-state index < -0.39 is 0 Å². The number of hydrogen-bond acceptors (Lipinski definition) is 5. The lowest BCUT2D eigenvalue weighted by Gasteiger charge is -2.28. The first-order valence-corrected chi connectivity index (χ1v) is 10.9. The number of ether oxygens (including phenoxy) is 3. The van der Waals surface area contributed by atoms with Crippen molar-refractivity contribution in [3.05, 3.63) is 45.2 Å². The molecule has 0 fully saturated rings. The van der Waals surface area contributed by atoms with E-state index in [9.17, 15) is 4.79 Å². The zero-order valence-corrected chi connectivity index (χ0v) is 18.1. The second kappa shape index (κ2) is 8.49. The largest absolute Gasteiger partial charge is 0.496 e. The molecule has 29 heavy (non-hydrogen) atoms. The van der Waals surface area contributed by atoms with Crippen molar-refractivity contribution in [2.75, 3.05) is 34.4 Å². The van der Waals surface area contributed by atoms with Crippen molar-refractivity contribution in [2.24, 2.45) is 0 Å². The van der Waals surface area contributed by atoms with E-state index in [1.807, 2.05) is 17.0 Å². The van der Waals surface area contributed by atoms with Crippen LogP contribution < -0.4 is 14.2 Å². The topological polar surface area (TPSA) is 48.0 Å². The highest BCUT2D eigenvalue weighted by Crippen LogP contribution is 2.41. The molecular formula is C23H27NO4S. The van der Waals surface area contributed by atoms with Gasteiger partial charge in [-0.25, -0.2) is 0 Å². The van der Waals surface area contributed by atoms with Crippen LogP contribution in [0, 0.1) is 0 Å². The van der Waals surface area contributed by atoms with Gasteiger partial charge in [0, 0.05) is 35.5 Å². The molecule has 5 nitrogen and oxygen atoms in total. The summed E-state index contributed by atoms with van der Waals surface area (Å²) in [7, 11) is 4.92. The van der Waals surface area contributed by atoms with Gasteiger partial charge in [-0.3, -0.25) is 4.79 Å².